The van der Waals surface area contributed by atoms with Gasteiger partial charge in [0.2, 0.25) is 0 Å². The van der Waals surface area contributed by atoms with Crippen molar-refractivity contribution in [1.29, 1.82) is 0 Å². The highest BCUT2D eigenvalue weighted by atomic mass is 16.1. The maximum atomic E-state index is 12.0. The summed E-state index contributed by atoms with van der Waals surface area (Å²) >= 11 is 0. The zero-order valence-corrected chi connectivity index (χ0v) is 10.2. The molecule has 92 valence electrons. The topological polar surface area (TPSA) is 56.0 Å². The Kier molecular flexibility index (Phi) is 3.89. The number of nitrogens with zero attached hydrogens (tertiary/aromatic N) is 1. The summed E-state index contributed by atoms with van der Waals surface area (Å²) in [4.78, 5) is 16.0. The molecule has 3 nitrogen and oxygen atoms in total. The smallest absolute Gasteiger partial charge is 0.139 e. The number of carbonyl (C=O) groups is 1. The molecule has 0 spiro atoms. The second kappa shape index (κ2) is 5.41. The Balaban J connectivity index is 1.88. The first kappa shape index (κ1) is 12.2. The van der Waals surface area contributed by atoms with Crippen LogP contribution < -0.4 is 5.73 Å². The van der Waals surface area contributed by atoms with E-state index in [1.807, 2.05) is 12.1 Å². The van der Waals surface area contributed by atoms with Crippen LogP contribution >= 0.6 is 0 Å². The van der Waals surface area contributed by atoms with Gasteiger partial charge >= 0.3 is 0 Å². The predicted molar refractivity (Wildman–Crippen MR) is 67.6 cm³/mol. The Morgan fingerprint density at radius 3 is 2.76 bits per heavy atom. The Hall–Kier alpha value is -1.22. The summed E-state index contributed by atoms with van der Waals surface area (Å²) in [5.41, 5.74) is 7.02. The van der Waals surface area contributed by atoms with Crippen LogP contribution in [0.15, 0.2) is 24.5 Å². The van der Waals surface area contributed by atoms with Gasteiger partial charge in [0.1, 0.15) is 5.78 Å². The standard InChI is InChI=1S/C14H20N2O/c15-14(6-2-1-3-7-14)10-13(17)9-12-5-4-8-16-11-12/h4-5,8,11H,1-3,6-7,9-10,15H2. The molecule has 1 aromatic rings. The van der Waals surface area contributed by atoms with Gasteiger partial charge in [0.05, 0.1) is 0 Å². The maximum Gasteiger partial charge on any atom is 0.139 e. The van der Waals surface area contributed by atoms with Crippen molar-refractivity contribution in [2.75, 3.05) is 0 Å². The average molecular weight is 232 g/mol. The lowest BCUT2D eigenvalue weighted by Gasteiger charge is -2.32. The minimum absolute atomic E-state index is 0.238. The summed E-state index contributed by atoms with van der Waals surface area (Å²) in [5.74, 6) is 0.238. The third-order valence-electron chi connectivity index (χ3n) is 3.52. The number of carbonyl (C=O) groups excluding carboxylic acids is 1. The second-order valence-electron chi connectivity index (χ2n) is 5.18. The summed E-state index contributed by atoms with van der Waals surface area (Å²) < 4.78 is 0. The van der Waals surface area contributed by atoms with Crippen molar-refractivity contribution < 1.29 is 4.79 Å². The molecule has 1 aliphatic carbocycles. The highest BCUT2D eigenvalue weighted by Gasteiger charge is 2.29. The zero-order valence-electron chi connectivity index (χ0n) is 10.2. The van der Waals surface area contributed by atoms with E-state index in [0.29, 0.717) is 12.8 Å². The second-order valence-corrected chi connectivity index (χ2v) is 5.18. The molecule has 2 N–H and O–H groups in total. The van der Waals surface area contributed by atoms with Gasteiger partial charge in [-0.15, -0.1) is 0 Å². The number of aromatic nitrogens is 1. The molecule has 0 bridgehead atoms. The minimum Gasteiger partial charge on any atom is -0.325 e. The van der Waals surface area contributed by atoms with Crippen LogP contribution in [0.1, 0.15) is 44.1 Å². The van der Waals surface area contributed by atoms with E-state index in [0.717, 1.165) is 31.2 Å². The molecule has 1 fully saturated rings. The van der Waals surface area contributed by atoms with Crippen LogP contribution in [0.4, 0.5) is 0 Å². The first-order chi connectivity index (χ1) is 8.18. The Bertz CT molecular complexity index is 369. The van der Waals surface area contributed by atoms with E-state index in [2.05, 4.69) is 4.98 Å². The number of Topliss-reactive ketones (excluding diaryl/α,β-unsaturated/α-hetero) is 1. The lowest BCUT2D eigenvalue weighted by Crippen LogP contribution is -2.43. The molecule has 3 heteroatoms. The van der Waals surface area contributed by atoms with Gasteiger partial charge in [-0.25, -0.2) is 0 Å². The lowest BCUT2D eigenvalue weighted by atomic mass is 9.78. The fraction of sp³-hybridized carbons (Fsp3) is 0.571. The van der Waals surface area contributed by atoms with Crippen molar-refractivity contribution in [1.82, 2.24) is 4.98 Å². The van der Waals surface area contributed by atoms with Crippen molar-refractivity contribution in [2.24, 2.45) is 5.73 Å². The van der Waals surface area contributed by atoms with E-state index >= 15 is 0 Å². The third kappa shape index (κ3) is 3.63. The van der Waals surface area contributed by atoms with Gasteiger partial charge in [0.15, 0.2) is 0 Å². The van der Waals surface area contributed by atoms with Crippen molar-refractivity contribution in [3.05, 3.63) is 30.1 Å². The third-order valence-corrected chi connectivity index (χ3v) is 3.52. The van der Waals surface area contributed by atoms with Crippen LogP contribution in [-0.2, 0) is 11.2 Å². The number of ketones is 1. The molecule has 0 radical (unpaired) electrons. The number of pyridine rings is 1. The van der Waals surface area contributed by atoms with Crippen LogP contribution in [-0.4, -0.2) is 16.3 Å². The summed E-state index contributed by atoms with van der Waals surface area (Å²) in [6.45, 7) is 0. The molecule has 1 aliphatic rings. The summed E-state index contributed by atoms with van der Waals surface area (Å²) in [6.07, 6.45) is 10.0. The van der Waals surface area contributed by atoms with E-state index in [9.17, 15) is 4.79 Å². The van der Waals surface area contributed by atoms with Crippen LogP contribution in [0.3, 0.4) is 0 Å². The van der Waals surface area contributed by atoms with Gasteiger partial charge in [-0.2, -0.15) is 0 Å². The van der Waals surface area contributed by atoms with E-state index in [4.69, 9.17) is 5.73 Å². The van der Waals surface area contributed by atoms with Gasteiger partial charge in [-0.3, -0.25) is 9.78 Å². The SMILES string of the molecule is NC1(CC(=O)Cc2cccnc2)CCCCC1. The molecule has 1 aromatic heterocycles. The summed E-state index contributed by atoms with van der Waals surface area (Å²) in [6, 6.07) is 3.80. The lowest BCUT2D eigenvalue weighted by molar-refractivity contribution is -0.119. The molecule has 0 saturated heterocycles. The Morgan fingerprint density at radius 2 is 2.12 bits per heavy atom. The van der Waals surface area contributed by atoms with Gasteiger partial charge < -0.3 is 5.73 Å². The van der Waals surface area contributed by atoms with Crippen LogP contribution in [0.5, 0.6) is 0 Å². The highest BCUT2D eigenvalue weighted by Crippen LogP contribution is 2.29. The molecule has 0 aliphatic heterocycles. The van der Waals surface area contributed by atoms with E-state index in [1.165, 1.54) is 6.42 Å². The predicted octanol–water partition coefficient (Wildman–Crippen LogP) is 2.24. The van der Waals surface area contributed by atoms with E-state index < -0.39 is 0 Å². The Labute approximate surface area is 102 Å². The largest absolute Gasteiger partial charge is 0.325 e. The van der Waals surface area contributed by atoms with Gasteiger partial charge in [0.25, 0.3) is 0 Å². The number of hydrogen-bond donors (Lipinski definition) is 1. The molecule has 1 saturated carbocycles. The van der Waals surface area contributed by atoms with Crippen molar-refractivity contribution >= 4 is 5.78 Å². The molecule has 1 heterocycles. The molecule has 0 amide bonds. The normalized spacial score (nSPS) is 18.9. The fourth-order valence-electron chi connectivity index (χ4n) is 2.62. The monoisotopic (exact) mass is 232 g/mol. The van der Waals surface area contributed by atoms with Crippen molar-refractivity contribution in [3.8, 4) is 0 Å². The van der Waals surface area contributed by atoms with Crippen molar-refractivity contribution in [3.63, 3.8) is 0 Å². The average Bonchev–Trinajstić information content (AvgIpc) is 2.30. The minimum atomic E-state index is -0.239. The zero-order chi connectivity index (χ0) is 12.1. The van der Waals surface area contributed by atoms with Crippen molar-refractivity contribution in [2.45, 2.75) is 50.5 Å². The number of nitrogens with two attached hydrogens (primary N) is 1. The van der Waals surface area contributed by atoms with Crippen LogP contribution in [0.2, 0.25) is 0 Å². The first-order valence-corrected chi connectivity index (χ1v) is 6.37. The quantitative estimate of drug-likeness (QED) is 0.866. The fourth-order valence-corrected chi connectivity index (χ4v) is 2.62. The van der Waals surface area contributed by atoms with Gasteiger partial charge in [0, 0.05) is 30.8 Å². The molecule has 2 rings (SSSR count). The summed E-state index contributed by atoms with van der Waals surface area (Å²) in [7, 11) is 0. The Morgan fingerprint density at radius 1 is 1.35 bits per heavy atom. The molecular formula is C14H20N2O. The van der Waals surface area contributed by atoms with E-state index in [1.54, 1.807) is 12.4 Å². The van der Waals surface area contributed by atoms with Gasteiger partial charge in [-0.05, 0) is 24.5 Å². The molecule has 0 unspecified atom stereocenters. The molecule has 17 heavy (non-hydrogen) atoms. The first-order valence-electron chi connectivity index (χ1n) is 6.37. The number of rotatable bonds is 4. The molecule has 0 atom stereocenters. The maximum absolute atomic E-state index is 12.0. The molecular weight excluding hydrogens is 212 g/mol. The number of hydrogen-bond acceptors (Lipinski definition) is 3. The van der Waals surface area contributed by atoms with Crippen LogP contribution in [0.25, 0.3) is 0 Å². The highest BCUT2D eigenvalue weighted by molar-refractivity contribution is 5.81. The van der Waals surface area contributed by atoms with Crippen LogP contribution in [0, 0.1) is 0 Å². The van der Waals surface area contributed by atoms with Gasteiger partial charge in [-0.1, -0.05) is 25.3 Å². The summed E-state index contributed by atoms with van der Waals surface area (Å²) in [5, 5.41) is 0. The molecule has 0 aromatic carbocycles. The van der Waals surface area contributed by atoms with E-state index in [-0.39, 0.29) is 11.3 Å².